The second-order valence-electron chi connectivity index (χ2n) is 7.22. The number of halogens is 1. The zero-order chi connectivity index (χ0) is 18.1. The van der Waals surface area contributed by atoms with Crippen molar-refractivity contribution < 1.29 is 18.4 Å². The van der Waals surface area contributed by atoms with E-state index in [1.807, 2.05) is 31.7 Å². The van der Waals surface area contributed by atoms with Gasteiger partial charge in [-0.3, -0.25) is 4.90 Å². The number of carbonyl (C=O) groups is 1. The minimum Gasteiger partial charge on any atom is -0.444 e. The fraction of sp³-hybridized carbons (Fsp3) is 0.588. The van der Waals surface area contributed by atoms with Gasteiger partial charge in [-0.2, -0.15) is 4.98 Å². The third-order valence-corrected chi connectivity index (χ3v) is 4.24. The lowest BCUT2D eigenvalue weighted by Gasteiger charge is -2.42. The zero-order valence-corrected chi connectivity index (χ0v) is 14.7. The third kappa shape index (κ3) is 3.73. The molecule has 2 aliphatic rings. The van der Waals surface area contributed by atoms with Gasteiger partial charge in [-0.25, -0.2) is 9.18 Å². The van der Waals surface area contributed by atoms with Crippen LogP contribution in [0.1, 0.15) is 26.6 Å². The fourth-order valence-electron chi connectivity index (χ4n) is 3.05. The van der Waals surface area contributed by atoms with Crippen LogP contribution in [0.25, 0.3) is 0 Å². The van der Waals surface area contributed by atoms with Crippen LogP contribution in [-0.4, -0.2) is 63.9 Å². The van der Waals surface area contributed by atoms with E-state index in [-0.39, 0.29) is 11.9 Å². The molecule has 1 aromatic rings. The lowest BCUT2D eigenvalue weighted by molar-refractivity contribution is 0.00119. The van der Waals surface area contributed by atoms with Gasteiger partial charge in [-0.05, 0) is 26.8 Å². The topological polar surface area (TPSA) is 71.7 Å². The van der Waals surface area contributed by atoms with E-state index in [0.29, 0.717) is 26.2 Å². The average Bonchev–Trinajstić information content (AvgIpc) is 3.09. The van der Waals surface area contributed by atoms with Gasteiger partial charge in [0.1, 0.15) is 5.60 Å². The highest BCUT2D eigenvalue weighted by atomic mass is 19.1. The van der Waals surface area contributed by atoms with Crippen LogP contribution in [0.5, 0.6) is 0 Å². The van der Waals surface area contributed by atoms with Crippen LogP contribution in [0.4, 0.5) is 9.18 Å². The number of hydrogen-bond acceptors (Lipinski definition) is 6. The van der Waals surface area contributed by atoms with Crippen LogP contribution in [-0.2, 0) is 10.4 Å². The fourth-order valence-corrected chi connectivity index (χ4v) is 3.05. The number of piperazine rings is 1. The molecular formula is C17H23FN4O3. The SMILES string of the molecule is CC(C)(C)OC(=O)N1CCN(C2C=CC=CC2(F)c2ncon2)CC1. The first-order valence-electron chi connectivity index (χ1n) is 8.33. The molecule has 25 heavy (non-hydrogen) atoms. The Morgan fingerprint density at radius 1 is 1.32 bits per heavy atom. The summed E-state index contributed by atoms with van der Waals surface area (Å²) in [4.78, 5) is 19.7. The van der Waals surface area contributed by atoms with E-state index in [1.165, 1.54) is 6.08 Å². The number of alkyl halides is 1. The summed E-state index contributed by atoms with van der Waals surface area (Å²) < 4.78 is 25.7. The monoisotopic (exact) mass is 350 g/mol. The Hall–Kier alpha value is -2.22. The molecule has 1 fully saturated rings. The predicted octanol–water partition coefficient (Wildman–Crippen LogP) is 2.28. The van der Waals surface area contributed by atoms with E-state index in [9.17, 15) is 4.79 Å². The van der Waals surface area contributed by atoms with Gasteiger partial charge in [0.05, 0.1) is 6.04 Å². The average molecular weight is 350 g/mol. The number of nitrogens with zero attached hydrogens (tertiary/aromatic N) is 4. The molecule has 0 spiro atoms. The van der Waals surface area contributed by atoms with Crippen molar-refractivity contribution in [2.75, 3.05) is 26.2 Å². The maximum Gasteiger partial charge on any atom is 0.410 e. The normalized spacial score (nSPS) is 27.5. The van der Waals surface area contributed by atoms with Crippen molar-refractivity contribution in [1.82, 2.24) is 19.9 Å². The highest BCUT2D eigenvalue weighted by Crippen LogP contribution is 2.35. The Bertz CT molecular complexity index is 660. The highest BCUT2D eigenvalue weighted by Gasteiger charge is 2.46. The summed E-state index contributed by atoms with van der Waals surface area (Å²) in [6, 6.07) is -0.545. The van der Waals surface area contributed by atoms with E-state index in [1.54, 1.807) is 17.1 Å². The second kappa shape index (κ2) is 6.59. The molecule has 2 heterocycles. The number of allylic oxidation sites excluding steroid dienone is 2. The Balaban J connectivity index is 1.67. The van der Waals surface area contributed by atoms with Gasteiger partial charge in [0, 0.05) is 26.2 Å². The van der Waals surface area contributed by atoms with Gasteiger partial charge in [-0.15, -0.1) is 0 Å². The first-order chi connectivity index (χ1) is 11.8. The van der Waals surface area contributed by atoms with E-state index in [4.69, 9.17) is 9.26 Å². The van der Waals surface area contributed by atoms with Gasteiger partial charge in [0.15, 0.2) is 0 Å². The molecule has 2 unspecified atom stereocenters. The van der Waals surface area contributed by atoms with Gasteiger partial charge < -0.3 is 14.2 Å². The quantitative estimate of drug-likeness (QED) is 0.815. The van der Waals surface area contributed by atoms with Gasteiger partial charge in [0.2, 0.25) is 17.9 Å². The summed E-state index contributed by atoms with van der Waals surface area (Å²) in [5, 5.41) is 3.68. The molecule has 136 valence electrons. The van der Waals surface area contributed by atoms with Crippen LogP contribution in [0.15, 0.2) is 35.2 Å². The molecule has 3 rings (SSSR count). The Labute approximate surface area is 146 Å². The second-order valence-corrected chi connectivity index (χ2v) is 7.22. The molecule has 1 aliphatic carbocycles. The molecule has 1 saturated heterocycles. The van der Waals surface area contributed by atoms with E-state index in [2.05, 4.69) is 10.1 Å². The summed E-state index contributed by atoms with van der Waals surface area (Å²) in [6.45, 7) is 7.53. The summed E-state index contributed by atoms with van der Waals surface area (Å²) >= 11 is 0. The van der Waals surface area contributed by atoms with Crippen molar-refractivity contribution in [2.24, 2.45) is 0 Å². The molecule has 0 saturated carbocycles. The largest absolute Gasteiger partial charge is 0.444 e. The standard InChI is InChI=1S/C17H23FN4O3/c1-16(2,3)25-15(23)22-10-8-21(9-11-22)13-6-4-5-7-17(13,18)14-19-12-24-20-14/h4-7,12-13H,8-11H2,1-3H3. The van der Waals surface area contributed by atoms with Crippen LogP contribution in [0.2, 0.25) is 0 Å². The number of aromatic nitrogens is 2. The van der Waals surface area contributed by atoms with E-state index < -0.39 is 17.3 Å². The number of hydrogen-bond donors (Lipinski definition) is 0. The number of carbonyl (C=O) groups excluding carboxylic acids is 1. The van der Waals surface area contributed by atoms with Crippen LogP contribution < -0.4 is 0 Å². The number of ether oxygens (including phenoxy) is 1. The molecule has 0 N–H and O–H groups in total. The van der Waals surface area contributed by atoms with Crippen molar-refractivity contribution in [1.29, 1.82) is 0 Å². The Morgan fingerprint density at radius 2 is 2.04 bits per heavy atom. The summed E-state index contributed by atoms with van der Waals surface area (Å²) in [5.41, 5.74) is -2.38. The smallest absolute Gasteiger partial charge is 0.410 e. The van der Waals surface area contributed by atoms with Crippen molar-refractivity contribution in [3.05, 3.63) is 36.5 Å². The minimum absolute atomic E-state index is 0.00710. The zero-order valence-electron chi connectivity index (χ0n) is 14.7. The molecular weight excluding hydrogens is 327 g/mol. The molecule has 0 radical (unpaired) electrons. The molecule has 0 aromatic carbocycles. The molecule has 0 bridgehead atoms. The minimum atomic E-state index is -1.85. The highest BCUT2D eigenvalue weighted by molar-refractivity contribution is 5.68. The number of amides is 1. The maximum atomic E-state index is 15.6. The number of rotatable bonds is 2. The summed E-state index contributed by atoms with van der Waals surface area (Å²) in [7, 11) is 0. The van der Waals surface area contributed by atoms with Crippen molar-refractivity contribution in [2.45, 2.75) is 38.1 Å². The van der Waals surface area contributed by atoms with Gasteiger partial charge in [-0.1, -0.05) is 23.4 Å². The van der Waals surface area contributed by atoms with Crippen molar-refractivity contribution in [3.63, 3.8) is 0 Å². The van der Waals surface area contributed by atoms with Crippen molar-refractivity contribution in [3.8, 4) is 0 Å². The molecule has 8 heteroatoms. The molecule has 2 atom stereocenters. The first-order valence-corrected chi connectivity index (χ1v) is 8.33. The van der Waals surface area contributed by atoms with E-state index >= 15 is 4.39 Å². The van der Waals surface area contributed by atoms with Gasteiger partial charge >= 0.3 is 6.09 Å². The van der Waals surface area contributed by atoms with Crippen LogP contribution in [0, 0.1) is 0 Å². The third-order valence-electron chi connectivity index (χ3n) is 4.24. The van der Waals surface area contributed by atoms with Crippen LogP contribution >= 0.6 is 0 Å². The van der Waals surface area contributed by atoms with Crippen molar-refractivity contribution >= 4 is 6.09 Å². The molecule has 7 nitrogen and oxygen atoms in total. The van der Waals surface area contributed by atoms with Crippen LogP contribution in [0.3, 0.4) is 0 Å². The van der Waals surface area contributed by atoms with E-state index in [0.717, 1.165) is 6.39 Å². The molecule has 1 amide bonds. The summed E-state index contributed by atoms with van der Waals surface area (Å²) in [5.74, 6) is 0.00710. The molecule has 1 aliphatic heterocycles. The van der Waals surface area contributed by atoms with Gasteiger partial charge in [0.25, 0.3) is 0 Å². The predicted molar refractivity (Wildman–Crippen MR) is 88.5 cm³/mol. The summed E-state index contributed by atoms with van der Waals surface area (Å²) in [6.07, 6.45) is 7.48. The first kappa shape index (κ1) is 17.6. The Kier molecular flexibility index (Phi) is 4.64. The maximum absolute atomic E-state index is 15.6. The Morgan fingerprint density at radius 3 is 2.64 bits per heavy atom. The molecule has 1 aromatic heterocycles. The lowest BCUT2D eigenvalue weighted by Crippen LogP contribution is -2.56. The lowest BCUT2D eigenvalue weighted by atomic mass is 9.89.